The number of anilines is 1. The van der Waals surface area contributed by atoms with Crippen molar-refractivity contribution >= 4 is 17.0 Å². The summed E-state index contributed by atoms with van der Waals surface area (Å²) in [7, 11) is 0. The van der Waals surface area contributed by atoms with Gasteiger partial charge in [0.1, 0.15) is 5.65 Å². The molecule has 1 fully saturated rings. The smallest absolute Gasteiger partial charge is 0.345 e. The van der Waals surface area contributed by atoms with E-state index in [4.69, 9.17) is 0 Å². The molecule has 7 nitrogen and oxygen atoms in total. The molecule has 9 heteroatoms. The zero-order chi connectivity index (χ0) is 23.0. The van der Waals surface area contributed by atoms with Crippen LogP contribution in [0.5, 0.6) is 0 Å². The Balaban J connectivity index is 1.31. The van der Waals surface area contributed by atoms with Crippen molar-refractivity contribution in [1.82, 2.24) is 24.8 Å². The number of nitrogens with one attached hydrogen (secondary N) is 2. The van der Waals surface area contributed by atoms with Gasteiger partial charge in [-0.15, -0.1) is 0 Å². The number of unbranched alkanes of at least 4 members (excludes halogenated alkanes) is 1. The number of rotatable bonds is 11. The number of hydrogen-bond donors (Lipinski definition) is 2. The Hall–Kier alpha value is -2.62. The minimum absolute atomic E-state index is 0.0781. The van der Waals surface area contributed by atoms with Crippen molar-refractivity contribution in [1.29, 1.82) is 0 Å². The third-order valence-electron chi connectivity index (χ3n) is 6.03. The third-order valence-corrected chi connectivity index (χ3v) is 6.03. The molecule has 1 aliphatic rings. The first-order valence-electron chi connectivity index (χ1n) is 11.6. The van der Waals surface area contributed by atoms with Crippen LogP contribution in [0.4, 0.5) is 14.7 Å². The second-order valence-corrected chi connectivity index (χ2v) is 8.38. The van der Waals surface area contributed by atoms with Gasteiger partial charge in [0.2, 0.25) is 5.95 Å². The minimum atomic E-state index is -2.68. The maximum atomic E-state index is 12.1. The number of piperazine rings is 1. The topological polar surface area (TPSA) is 69.3 Å². The minimum Gasteiger partial charge on any atom is -0.354 e. The molecule has 1 aliphatic heterocycles. The standard InChI is InChI=1S/C24H32F2N6O/c1-2-3-8-27-24-29-16-21-20(15-28-22(21)30-24)19-6-4-18(5-7-19)17-32-11-9-31(10-12-32)13-14-33-23(25)26/h4-7,15-16,23H,2-3,8-14,17H2,1H3,(H2,27,28,29,30). The molecule has 178 valence electrons. The van der Waals surface area contributed by atoms with Crippen LogP contribution in [0.2, 0.25) is 0 Å². The molecule has 2 N–H and O–H groups in total. The molecule has 1 aromatic carbocycles. The van der Waals surface area contributed by atoms with Crippen LogP contribution in [0.1, 0.15) is 25.3 Å². The quantitative estimate of drug-likeness (QED) is 0.420. The number of benzene rings is 1. The number of nitrogens with zero attached hydrogens (tertiary/aromatic N) is 4. The number of hydrogen-bond acceptors (Lipinski definition) is 6. The molecule has 0 spiro atoms. The Kier molecular flexibility index (Phi) is 8.20. The number of fused-ring (bicyclic) bond motifs is 1. The highest BCUT2D eigenvalue weighted by molar-refractivity contribution is 5.93. The average Bonchev–Trinajstić information content (AvgIpc) is 3.24. The molecule has 0 bridgehead atoms. The molecule has 33 heavy (non-hydrogen) atoms. The van der Waals surface area contributed by atoms with Gasteiger partial charge in [0.25, 0.3) is 0 Å². The Labute approximate surface area is 193 Å². The van der Waals surface area contributed by atoms with Crippen molar-refractivity contribution in [2.75, 3.05) is 51.2 Å². The fraction of sp³-hybridized carbons (Fsp3) is 0.500. The fourth-order valence-electron chi connectivity index (χ4n) is 4.10. The molecular formula is C24H32F2N6O. The van der Waals surface area contributed by atoms with Gasteiger partial charge < -0.3 is 15.0 Å². The van der Waals surface area contributed by atoms with Gasteiger partial charge >= 0.3 is 6.61 Å². The zero-order valence-corrected chi connectivity index (χ0v) is 19.1. The third kappa shape index (κ3) is 6.46. The Bertz CT molecular complexity index is 1000. The van der Waals surface area contributed by atoms with Crippen LogP contribution < -0.4 is 5.32 Å². The summed E-state index contributed by atoms with van der Waals surface area (Å²) in [6.45, 7) is 5.44. The van der Waals surface area contributed by atoms with Gasteiger partial charge in [-0.1, -0.05) is 37.6 Å². The number of halogens is 2. The first-order chi connectivity index (χ1) is 16.1. The second-order valence-electron chi connectivity index (χ2n) is 8.38. The van der Waals surface area contributed by atoms with Crippen molar-refractivity contribution in [3.8, 4) is 11.1 Å². The Morgan fingerprint density at radius 3 is 2.61 bits per heavy atom. The average molecular weight is 459 g/mol. The molecule has 1 saturated heterocycles. The highest BCUT2D eigenvalue weighted by Gasteiger charge is 2.17. The second kappa shape index (κ2) is 11.5. The molecule has 0 amide bonds. The molecule has 0 atom stereocenters. The largest absolute Gasteiger partial charge is 0.354 e. The summed E-state index contributed by atoms with van der Waals surface area (Å²) in [5.74, 6) is 0.654. The van der Waals surface area contributed by atoms with Crippen molar-refractivity contribution in [2.24, 2.45) is 0 Å². The SMILES string of the molecule is CCCCNc1ncc2c(-c3ccc(CN4CCN(CCOC(F)F)CC4)cc3)c[nH]c2n1. The Morgan fingerprint density at radius 1 is 1.12 bits per heavy atom. The molecule has 2 aromatic heterocycles. The lowest BCUT2D eigenvalue weighted by molar-refractivity contribution is -0.132. The lowest BCUT2D eigenvalue weighted by Gasteiger charge is -2.34. The van der Waals surface area contributed by atoms with Gasteiger partial charge in [-0.25, -0.2) is 4.98 Å². The van der Waals surface area contributed by atoms with Crippen LogP contribution in [0.25, 0.3) is 22.2 Å². The van der Waals surface area contributed by atoms with Crippen molar-refractivity contribution in [3.63, 3.8) is 0 Å². The Morgan fingerprint density at radius 2 is 1.88 bits per heavy atom. The number of ether oxygens (including phenoxy) is 1. The number of aromatic nitrogens is 3. The maximum absolute atomic E-state index is 12.1. The highest BCUT2D eigenvalue weighted by Crippen LogP contribution is 2.28. The zero-order valence-electron chi connectivity index (χ0n) is 19.1. The molecule has 0 radical (unpaired) electrons. The summed E-state index contributed by atoms with van der Waals surface area (Å²) >= 11 is 0. The summed E-state index contributed by atoms with van der Waals surface area (Å²) < 4.78 is 28.6. The summed E-state index contributed by atoms with van der Waals surface area (Å²) in [6, 6.07) is 8.61. The first kappa shape index (κ1) is 23.5. The molecule has 0 unspecified atom stereocenters. The van der Waals surface area contributed by atoms with E-state index in [-0.39, 0.29) is 6.61 Å². The predicted molar refractivity (Wildman–Crippen MR) is 126 cm³/mol. The van der Waals surface area contributed by atoms with E-state index in [0.717, 1.165) is 74.3 Å². The van der Waals surface area contributed by atoms with Crippen LogP contribution >= 0.6 is 0 Å². The van der Waals surface area contributed by atoms with E-state index in [1.165, 1.54) is 5.56 Å². The first-order valence-corrected chi connectivity index (χ1v) is 11.6. The number of H-pyrrole nitrogens is 1. The van der Waals surface area contributed by atoms with Gasteiger partial charge in [0.05, 0.1) is 6.61 Å². The summed E-state index contributed by atoms with van der Waals surface area (Å²) in [6.07, 6.45) is 6.09. The summed E-state index contributed by atoms with van der Waals surface area (Å²) in [5, 5.41) is 4.27. The van der Waals surface area contributed by atoms with E-state index >= 15 is 0 Å². The van der Waals surface area contributed by atoms with Gasteiger partial charge in [-0.2, -0.15) is 13.8 Å². The highest BCUT2D eigenvalue weighted by atomic mass is 19.3. The number of aromatic amines is 1. The van der Waals surface area contributed by atoms with E-state index < -0.39 is 6.61 Å². The van der Waals surface area contributed by atoms with Crippen LogP contribution in [0.15, 0.2) is 36.7 Å². The maximum Gasteiger partial charge on any atom is 0.345 e. The van der Waals surface area contributed by atoms with E-state index in [2.05, 4.69) is 66.0 Å². The predicted octanol–water partition coefficient (Wildman–Crippen LogP) is 4.19. The van der Waals surface area contributed by atoms with E-state index in [9.17, 15) is 8.78 Å². The van der Waals surface area contributed by atoms with Gasteiger partial charge in [0, 0.05) is 69.2 Å². The lowest BCUT2D eigenvalue weighted by Crippen LogP contribution is -2.46. The molecular weight excluding hydrogens is 426 g/mol. The summed E-state index contributed by atoms with van der Waals surface area (Å²) in [4.78, 5) is 16.9. The molecule has 4 rings (SSSR count). The van der Waals surface area contributed by atoms with Gasteiger partial charge in [-0.3, -0.25) is 9.80 Å². The van der Waals surface area contributed by atoms with Crippen LogP contribution in [0, 0.1) is 0 Å². The van der Waals surface area contributed by atoms with Gasteiger partial charge in [-0.05, 0) is 17.5 Å². The van der Waals surface area contributed by atoms with Crippen LogP contribution in [-0.4, -0.2) is 77.2 Å². The summed E-state index contributed by atoms with van der Waals surface area (Å²) in [5.41, 5.74) is 4.31. The normalized spacial score (nSPS) is 15.5. The molecule has 0 saturated carbocycles. The van der Waals surface area contributed by atoms with Gasteiger partial charge in [0.15, 0.2) is 0 Å². The fourth-order valence-corrected chi connectivity index (χ4v) is 4.10. The van der Waals surface area contributed by atoms with Crippen molar-refractivity contribution in [2.45, 2.75) is 32.9 Å². The molecule has 0 aliphatic carbocycles. The van der Waals surface area contributed by atoms with E-state index in [1.54, 1.807) is 0 Å². The molecule has 3 heterocycles. The van der Waals surface area contributed by atoms with Crippen molar-refractivity contribution < 1.29 is 13.5 Å². The van der Waals surface area contributed by atoms with Crippen molar-refractivity contribution in [3.05, 3.63) is 42.2 Å². The monoisotopic (exact) mass is 458 g/mol. The van der Waals surface area contributed by atoms with E-state index in [1.807, 2.05) is 12.4 Å². The number of alkyl halides is 2. The molecule has 3 aromatic rings. The van der Waals surface area contributed by atoms with Crippen LogP contribution in [0.3, 0.4) is 0 Å². The lowest BCUT2D eigenvalue weighted by atomic mass is 10.0. The van der Waals surface area contributed by atoms with E-state index in [0.29, 0.717) is 12.5 Å². The van der Waals surface area contributed by atoms with Crippen LogP contribution in [-0.2, 0) is 11.3 Å².